The van der Waals surface area contributed by atoms with Gasteiger partial charge in [-0.15, -0.1) is 11.3 Å². The summed E-state index contributed by atoms with van der Waals surface area (Å²) in [7, 11) is 1.69. The Hall–Kier alpha value is -2.21. The Morgan fingerprint density at radius 3 is 2.92 bits per heavy atom. The smallest absolute Gasteiger partial charge is 0.227 e. The van der Waals surface area contributed by atoms with E-state index in [4.69, 9.17) is 4.74 Å². The van der Waals surface area contributed by atoms with Crippen molar-refractivity contribution >= 4 is 23.3 Å². The average Bonchev–Trinajstić information content (AvgIpc) is 3.02. The van der Waals surface area contributed by atoms with E-state index in [2.05, 4.69) is 11.6 Å². The van der Waals surface area contributed by atoms with Gasteiger partial charge in [0.05, 0.1) is 25.3 Å². The van der Waals surface area contributed by atoms with Crippen LogP contribution in [0.15, 0.2) is 30.2 Å². The van der Waals surface area contributed by atoms with Crippen LogP contribution in [0.1, 0.15) is 29.6 Å². The third kappa shape index (κ3) is 4.89. The van der Waals surface area contributed by atoms with E-state index in [1.165, 1.54) is 17.4 Å². The maximum absolute atomic E-state index is 14.1. The molecule has 0 saturated heterocycles. The average molecular weight is 348 g/mol. The number of thiazole rings is 1. The van der Waals surface area contributed by atoms with Crippen molar-refractivity contribution in [2.24, 2.45) is 0 Å². The third-order valence-corrected chi connectivity index (χ3v) is 4.30. The SMILES string of the molecule is C=Cc1nc(CN(C)C(=O)Cc2ccc(OCCC)cc2F)cs1. The van der Waals surface area contributed by atoms with Gasteiger partial charge >= 0.3 is 0 Å². The van der Waals surface area contributed by atoms with E-state index in [0.29, 0.717) is 24.5 Å². The van der Waals surface area contributed by atoms with Crippen LogP contribution in [-0.2, 0) is 17.8 Å². The zero-order valence-corrected chi connectivity index (χ0v) is 14.7. The predicted octanol–water partition coefficient (Wildman–Crippen LogP) is 3.92. The van der Waals surface area contributed by atoms with Gasteiger partial charge in [0.25, 0.3) is 0 Å². The third-order valence-electron chi connectivity index (χ3n) is 3.41. The molecule has 0 fully saturated rings. The van der Waals surface area contributed by atoms with Crippen molar-refractivity contribution < 1.29 is 13.9 Å². The van der Waals surface area contributed by atoms with Crippen molar-refractivity contribution in [2.45, 2.75) is 26.3 Å². The van der Waals surface area contributed by atoms with Gasteiger partial charge in [-0.3, -0.25) is 4.79 Å². The lowest BCUT2D eigenvalue weighted by atomic mass is 10.1. The number of nitrogens with zero attached hydrogens (tertiary/aromatic N) is 2. The Morgan fingerprint density at radius 2 is 2.29 bits per heavy atom. The molecular weight excluding hydrogens is 327 g/mol. The van der Waals surface area contributed by atoms with E-state index < -0.39 is 5.82 Å². The molecule has 0 aliphatic heterocycles. The first-order valence-corrected chi connectivity index (χ1v) is 8.63. The highest BCUT2D eigenvalue weighted by molar-refractivity contribution is 7.10. The van der Waals surface area contributed by atoms with E-state index in [-0.39, 0.29) is 12.3 Å². The van der Waals surface area contributed by atoms with Crippen LogP contribution in [0.2, 0.25) is 0 Å². The van der Waals surface area contributed by atoms with Gasteiger partial charge in [-0.05, 0) is 24.1 Å². The highest BCUT2D eigenvalue weighted by Crippen LogP contribution is 2.18. The second-order valence-electron chi connectivity index (χ2n) is 5.41. The van der Waals surface area contributed by atoms with Gasteiger partial charge in [0.2, 0.25) is 5.91 Å². The molecular formula is C18H21FN2O2S. The van der Waals surface area contributed by atoms with Crippen molar-refractivity contribution in [1.82, 2.24) is 9.88 Å². The highest BCUT2D eigenvalue weighted by atomic mass is 32.1. The lowest BCUT2D eigenvalue weighted by Crippen LogP contribution is -2.28. The highest BCUT2D eigenvalue weighted by Gasteiger charge is 2.14. The van der Waals surface area contributed by atoms with E-state index in [9.17, 15) is 9.18 Å². The van der Waals surface area contributed by atoms with Gasteiger partial charge in [-0.25, -0.2) is 9.37 Å². The first kappa shape index (κ1) is 18.1. The maximum atomic E-state index is 14.1. The molecule has 0 unspecified atom stereocenters. The zero-order chi connectivity index (χ0) is 17.5. The minimum absolute atomic E-state index is 0.00877. The van der Waals surface area contributed by atoms with Crippen molar-refractivity contribution in [3.63, 3.8) is 0 Å². The fourth-order valence-corrected chi connectivity index (χ4v) is 2.75. The number of carbonyl (C=O) groups is 1. The second kappa shape index (κ2) is 8.59. The Labute approximate surface area is 145 Å². The summed E-state index contributed by atoms with van der Waals surface area (Å²) in [6.07, 6.45) is 2.54. The van der Waals surface area contributed by atoms with Gasteiger partial charge in [0.15, 0.2) is 0 Å². The summed E-state index contributed by atoms with van der Waals surface area (Å²) in [4.78, 5) is 18.2. The molecule has 1 amide bonds. The van der Waals surface area contributed by atoms with Crippen molar-refractivity contribution in [3.8, 4) is 5.75 Å². The number of rotatable bonds is 8. The molecule has 1 heterocycles. The first-order chi connectivity index (χ1) is 11.5. The number of benzene rings is 1. The van der Waals surface area contributed by atoms with Crippen molar-refractivity contribution in [1.29, 1.82) is 0 Å². The van der Waals surface area contributed by atoms with E-state index >= 15 is 0 Å². The first-order valence-electron chi connectivity index (χ1n) is 7.75. The molecule has 2 rings (SSSR count). The number of likely N-dealkylation sites (N-methyl/N-ethyl adjacent to an activating group) is 1. The molecule has 0 spiro atoms. The molecule has 1 aromatic heterocycles. The van der Waals surface area contributed by atoms with Crippen LogP contribution in [-0.4, -0.2) is 29.4 Å². The van der Waals surface area contributed by atoms with Gasteiger partial charge in [0, 0.05) is 18.5 Å². The van der Waals surface area contributed by atoms with Gasteiger partial charge in [-0.1, -0.05) is 19.6 Å². The van der Waals surface area contributed by atoms with Crippen LogP contribution in [0.4, 0.5) is 4.39 Å². The van der Waals surface area contributed by atoms with Crippen LogP contribution in [0.3, 0.4) is 0 Å². The maximum Gasteiger partial charge on any atom is 0.227 e. The number of ether oxygens (including phenoxy) is 1. The number of carbonyl (C=O) groups excluding carboxylic acids is 1. The molecule has 0 aliphatic rings. The van der Waals surface area contributed by atoms with Crippen LogP contribution in [0.25, 0.3) is 6.08 Å². The normalized spacial score (nSPS) is 10.5. The predicted molar refractivity (Wildman–Crippen MR) is 94.6 cm³/mol. The van der Waals surface area contributed by atoms with E-state index in [1.54, 1.807) is 30.2 Å². The molecule has 0 bridgehead atoms. The Morgan fingerprint density at radius 1 is 1.50 bits per heavy atom. The Kier molecular flexibility index (Phi) is 6.49. The number of hydrogen-bond acceptors (Lipinski definition) is 4. The monoisotopic (exact) mass is 348 g/mol. The standard InChI is InChI=1S/C18H21FN2O2S/c1-4-8-23-15-7-6-13(16(19)10-15)9-18(22)21(3)11-14-12-24-17(5-2)20-14/h5-7,10,12H,2,4,8-9,11H2,1,3H3. The number of amides is 1. The molecule has 0 atom stereocenters. The second-order valence-corrected chi connectivity index (χ2v) is 6.30. The molecule has 0 saturated carbocycles. The van der Waals surface area contributed by atoms with Crippen molar-refractivity contribution in [3.05, 3.63) is 52.2 Å². The fraction of sp³-hybridized carbons (Fsp3) is 0.333. The minimum atomic E-state index is -0.423. The number of aromatic nitrogens is 1. The lowest BCUT2D eigenvalue weighted by Gasteiger charge is -2.16. The minimum Gasteiger partial charge on any atom is -0.494 e. The van der Waals surface area contributed by atoms with E-state index in [1.807, 2.05) is 12.3 Å². The quantitative estimate of drug-likeness (QED) is 0.726. The van der Waals surface area contributed by atoms with Crippen LogP contribution in [0, 0.1) is 5.82 Å². The molecule has 1 aromatic carbocycles. The molecule has 0 aliphatic carbocycles. The zero-order valence-electron chi connectivity index (χ0n) is 13.9. The summed E-state index contributed by atoms with van der Waals surface area (Å²) in [5.41, 5.74) is 1.16. The summed E-state index contributed by atoms with van der Waals surface area (Å²) < 4.78 is 19.5. The fourth-order valence-electron chi connectivity index (χ4n) is 2.10. The topological polar surface area (TPSA) is 42.4 Å². The molecule has 6 heteroatoms. The summed E-state index contributed by atoms with van der Waals surface area (Å²) in [5.74, 6) is -0.101. The van der Waals surface area contributed by atoms with Crippen molar-refractivity contribution in [2.75, 3.05) is 13.7 Å². The number of hydrogen-bond donors (Lipinski definition) is 0. The number of halogens is 1. The van der Waals surface area contributed by atoms with Crippen LogP contribution >= 0.6 is 11.3 Å². The summed E-state index contributed by atoms with van der Waals surface area (Å²) >= 11 is 1.48. The van der Waals surface area contributed by atoms with Gasteiger partial charge in [-0.2, -0.15) is 0 Å². The van der Waals surface area contributed by atoms with E-state index in [0.717, 1.165) is 17.1 Å². The molecule has 24 heavy (non-hydrogen) atoms. The molecule has 2 aromatic rings. The Bertz CT molecular complexity index is 715. The summed E-state index contributed by atoms with van der Waals surface area (Å²) in [6, 6.07) is 4.62. The molecule has 4 nitrogen and oxygen atoms in total. The molecule has 0 radical (unpaired) electrons. The summed E-state index contributed by atoms with van der Waals surface area (Å²) in [5, 5.41) is 2.71. The Balaban J connectivity index is 1.96. The molecule has 128 valence electrons. The molecule has 0 N–H and O–H groups in total. The van der Waals surface area contributed by atoms with Crippen LogP contribution < -0.4 is 4.74 Å². The largest absolute Gasteiger partial charge is 0.494 e. The lowest BCUT2D eigenvalue weighted by molar-refractivity contribution is -0.129. The summed E-state index contributed by atoms with van der Waals surface area (Å²) in [6.45, 7) is 6.58. The van der Waals surface area contributed by atoms with Crippen LogP contribution in [0.5, 0.6) is 5.75 Å². The van der Waals surface area contributed by atoms with Gasteiger partial charge in [0.1, 0.15) is 16.6 Å². The van der Waals surface area contributed by atoms with Gasteiger partial charge < -0.3 is 9.64 Å².